The smallest absolute Gasteiger partial charge is 0.356 e. The summed E-state index contributed by atoms with van der Waals surface area (Å²) in [6.07, 6.45) is 0. The highest BCUT2D eigenvalue weighted by Gasteiger charge is 2.21. The summed E-state index contributed by atoms with van der Waals surface area (Å²) in [6.45, 7) is 3.80. The number of halogens is 1. The summed E-state index contributed by atoms with van der Waals surface area (Å²) in [5.74, 6) is -0.655. The third-order valence-corrected chi connectivity index (χ3v) is 6.94. The van der Waals surface area contributed by atoms with Gasteiger partial charge in [-0.25, -0.2) is 19.7 Å². The number of carbonyl (C=O) groups is 1. The van der Waals surface area contributed by atoms with Crippen molar-refractivity contribution in [2.75, 3.05) is 5.32 Å². The second-order valence-electron chi connectivity index (χ2n) is 8.26. The largest absolute Gasteiger partial charge is 0.476 e. The van der Waals surface area contributed by atoms with Crippen molar-refractivity contribution in [1.82, 2.24) is 19.5 Å². The molecule has 8 nitrogen and oxygen atoms in total. The molecule has 0 aliphatic carbocycles. The van der Waals surface area contributed by atoms with Crippen molar-refractivity contribution in [2.45, 2.75) is 19.9 Å². The first kappa shape index (κ1) is 22.9. The number of hydrogen-bond acceptors (Lipinski definition) is 7. The summed E-state index contributed by atoms with van der Waals surface area (Å²) < 4.78 is 2.51. The topological polar surface area (TPSA) is 110 Å². The monoisotopic (exact) mass is 505 g/mol. The molecule has 0 saturated carbocycles. The second-order valence-corrected chi connectivity index (χ2v) is 9.50. The number of anilines is 1. The number of carboxylic acid groups (broad SMARTS) is 1. The van der Waals surface area contributed by atoms with E-state index in [1.807, 2.05) is 44.2 Å². The number of fused-ring (bicyclic) bond motifs is 2. The van der Waals surface area contributed by atoms with Gasteiger partial charge in [-0.05, 0) is 49.7 Å². The summed E-state index contributed by atoms with van der Waals surface area (Å²) >= 11 is 7.40. The van der Waals surface area contributed by atoms with Gasteiger partial charge in [0.15, 0.2) is 5.69 Å². The molecular weight excluding hydrogens is 486 g/mol. The lowest BCUT2D eigenvalue weighted by atomic mass is 10.0. The summed E-state index contributed by atoms with van der Waals surface area (Å²) in [5.41, 5.74) is 5.63. The van der Waals surface area contributed by atoms with Gasteiger partial charge in [0.05, 0.1) is 38.4 Å². The van der Waals surface area contributed by atoms with E-state index in [0.29, 0.717) is 22.4 Å². The van der Waals surface area contributed by atoms with Gasteiger partial charge in [0.2, 0.25) is 0 Å². The van der Waals surface area contributed by atoms with Crippen LogP contribution in [0.1, 0.15) is 34.6 Å². The van der Waals surface area contributed by atoms with E-state index in [1.54, 1.807) is 23.2 Å². The normalized spacial score (nSPS) is 12.2. The van der Waals surface area contributed by atoms with Gasteiger partial charge in [-0.15, -0.1) is 11.3 Å². The lowest BCUT2D eigenvalue weighted by Crippen LogP contribution is -2.22. The SMILES string of the molecule is Cc1cc(C(C)Nc2ccc(Cl)nc2C(=O)O)c2nc(-c3cccc4ncsc34)n(C)c(=O)c2c1. The molecule has 3 heterocycles. The molecule has 0 saturated heterocycles. The number of benzene rings is 2. The molecule has 5 aromatic rings. The maximum absolute atomic E-state index is 13.5. The number of thiazole rings is 1. The Morgan fingerprint density at radius 2 is 2.00 bits per heavy atom. The Morgan fingerprint density at radius 1 is 1.20 bits per heavy atom. The predicted octanol–water partition coefficient (Wildman–Crippen LogP) is 5.44. The summed E-state index contributed by atoms with van der Waals surface area (Å²) in [4.78, 5) is 38.4. The standard InChI is InChI=1S/C25H20ClN5O3S/c1-12-9-15(13(2)28-17-7-8-19(26)29-21(17)25(33)34)20-16(10-12)24(32)31(3)23(30-20)14-5-4-6-18-22(14)35-11-27-18/h4-11,13,28H,1-3H3,(H,33,34). The molecule has 0 spiro atoms. The molecule has 0 aliphatic heterocycles. The van der Waals surface area contributed by atoms with Crippen LogP contribution in [0.2, 0.25) is 5.15 Å². The number of hydrogen-bond donors (Lipinski definition) is 2. The van der Waals surface area contributed by atoms with Gasteiger partial charge in [-0.1, -0.05) is 23.7 Å². The Balaban J connectivity index is 1.70. The van der Waals surface area contributed by atoms with Crippen molar-refractivity contribution in [3.05, 3.63) is 80.3 Å². The van der Waals surface area contributed by atoms with Gasteiger partial charge in [-0.2, -0.15) is 0 Å². The minimum Gasteiger partial charge on any atom is -0.476 e. The molecule has 0 aliphatic rings. The van der Waals surface area contributed by atoms with Gasteiger partial charge in [0.1, 0.15) is 11.0 Å². The van der Waals surface area contributed by atoms with Crippen molar-refractivity contribution in [3.63, 3.8) is 0 Å². The van der Waals surface area contributed by atoms with E-state index in [-0.39, 0.29) is 22.4 Å². The highest BCUT2D eigenvalue weighted by Crippen LogP contribution is 2.32. The van der Waals surface area contributed by atoms with Crippen LogP contribution in [0.5, 0.6) is 0 Å². The maximum Gasteiger partial charge on any atom is 0.356 e. The fraction of sp³-hybridized carbons (Fsp3) is 0.160. The van der Waals surface area contributed by atoms with Crippen LogP contribution < -0.4 is 10.9 Å². The van der Waals surface area contributed by atoms with E-state index in [9.17, 15) is 14.7 Å². The first-order valence-corrected chi connectivity index (χ1v) is 12.0. The lowest BCUT2D eigenvalue weighted by molar-refractivity contribution is 0.0691. The minimum absolute atomic E-state index is 0.0913. The molecule has 0 radical (unpaired) electrons. The summed E-state index contributed by atoms with van der Waals surface area (Å²) in [6, 6.07) is 12.3. The predicted molar refractivity (Wildman–Crippen MR) is 139 cm³/mol. The van der Waals surface area contributed by atoms with E-state index >= 15 is 0 Å². The lowest BCUT2D eigenvalue weighted by Gasteiger charge is -2.20. The molecular formula is C25H20ClN5O3S. The van der Waals surface area contributed by atoms with Crippen molar-refractivity contribution in [2.24, 2.45) is 7.05 Å². The molecule has 0 amide bonds. The van der Waals surface area contributed by atoms with Crippen LogP contribution >= 0.6 is 22.9 Å². The zero-order chi connectivity index (χ0) is 24.9. The van der Waals surface area contributed by atoms with Crippen LogP contribution in [0.4, 0.5) is 5.69 Å². The van der Waals surface area contributed by atoms with Gasteiger partial charge >= 0.3 is 5.97 Å². The van der Waals surface area contributed by atoms with Crippen molar-refractivity contribution in [1.29, 1.82) is 0 Å². The third kappa shape index (κ3) is 4.02. The van der Waals surface area contributed by atoms with Gasteiger partial charge in [-0.3, -0.25) is 9.36 Å². The van der Waals surface area contributed by atoms with Crippen molar-refractivity contribution in [3.8, 4) is 11.4 Å². The van der Waals surface area contributed by atoms with E-state index in [4.69, 9.17) is 16.6 Å². The third-order valence-electron chi connectivity index (χ3n) is 5.85. The summed E-state index contributed by atoms with van der Waals surface area (Å²) in [5, 5.41) is 13.4. The molecule has 3 aromatic heterocycles. The highest BCUT2D eigenvalue weighted by molar-refractivity contribution is 7.17. The number of aromatic carboxylic acids is 1. The number of nitrogens with zero attached hydrogens (tertiary/aromatic N) is 4. The Morgan fingerprint density at radius 3 is 2.77 bits per heavy atom. The first-order chi connectivity index (χ1) is 16.7. The van der Waals surface area contributed by atoms with Crippen LogP contribution in [0, 0.1) is 6.92 Å². The number of aryl methyl sites for hydroxylation is 1. The average Bonchev–Trinajstić information content (AvgIpc) is 3.31. The molecule has 1 atom stereocenters. The van der Waals surface area contributed by atoms with E-state index < -0.39 is 5.97 Å². The Kier molecular flexibility index (Phi) is 5.74. The molecule has 10 heteroatoms. The molecule has 0 fully saturated rings. The van der Waals surface area contributed by atoms with Crippen molar-refractivity contribution < 1.29 is 9.90 Å². The highest BCUT2D eigenvalue weighted by atomic mass is 35.5. The molecule has 2 aromatic carbocycles. The summed E-state index contributed by atoms with van der Waals surface area (Å²) in [7, 11) is 1.71. The Bertz CT molecular complexity index is 1690. The second kappa shape index (κ2) is 8.75. The molecule has 0 bridgehead atoms. The maximum atomic E-state index is 13.5. The van der Waals surface area contributed by atoms with Crippen LogP contribution in [0.15, 0.2) is 52.8 Å². The minimum atomic E-state index is -1.19. The molecule has 5 rings (SSSR count). The fourth-order valence-electron chi connectivity index (χ4n) is 4.21. The van der Waals surface area contributed by atoms with Gasteiger partial charge in [0, 0.05) is 18.2 Å². The van der Waals surface area contributed by atoms with Crippen LogP contribution in [-0.4, -0.2) is 30.6 Å². The van der Waals surface area contributed by atoms with Gasteiger partial charge in [0.25, 0.3) is 5.56 Å². The average molecular weight is 506 g/mol. The molecule has 176 valence electrons. The number of rotatable bonds is 5. The van der Waals surface area contributed by atoms with E-state index in [1.165, 1.54) is 17.4 Å². The zero-order valence-electron chi connectivity index (χ0n) is 19.0. The Hall–Kier alpha value is -3.82. The van der Waals surface area contributed by atoms with E-state index in [0.717, 1.165) is 26.9 Å². The number of carboxylic acids is 1. The quantitative estimate of drug-likeness (QED) is 0.306. The Labute approximate surface area is 208 Å². The zero-order valence-corrected chi connectivity index (χ0v) is 20.6. The van der Waals surface area contributed by atoms with Gasteiger partial charge < -0.3 is 10.4 Å². The van der Waals surface area contributed by atoms with Crippen molar-refractivity contribution >= 4 is 55.7 Å². The molecule has 35 heavy (non-hydrogen) atoms. The van der Waals surface area contributed by atoms with Crippen LogP contribution in [0.25, 0.3) is 32.5 Å². The number of pyridine rings is 1. The number of aromatic nitrogens is 4. The van der Waals surface area contributed by atoms with Crippen LogP contribution in [0.3, 0.4) is 0 Å². The first-order valence-electron chi connectivity index (χ1n) is 10.7. The molecule has 1 unspecified atom stereocenters. The van der Waals surface area contributed by atoms with Crippen LogP contribution in [-0.2, 0) is 7.05 Å². The fourth-order valence-corrected chi connectivity index (χ4v) is 5.16. The molecule has 2 N–H and O–H groups in total. The van der Waals surface area contributed by atoms with E-state index in [2.05, 4.69) is 15.3 Å². The number of nitrogens with one attached hydrogen (secondary N) is 1.